The topological polar surface area (TPSA) is 44.2 Å². The van der Waals surface area contributed by atoms with E-state index in [1.54, 1.807) is 0 Å². The third-order valence-corrected chi connectivity index (χ3v) is 1.65. The second-order valence-corrected chi connectivity index (χ2v) is 2.22. The lowest BCUT2D eigenvalue weighted by molar-refractivity contribution is -0.686. The van der Waals surface area contributed by atoms with Crippen LogP contribution in [0, 0.1) is 0 Å². The van der Waals surface area contributed by atoms with E-state index in [0.717, 1.165) is 12.6 Å². The quantitative estimate of drug-likeness (QED) is 0.383. The average Bonchev–Trinajstić information content (AvgIpc) is 2.14. The van der Waals surface area contributed by atoms with Crippen molar-refractivity contribution in [3.8, 4) is 0 Å². The van der Waals surface area contributed by atoms with Crippen LogP contribution in [-0.2, 0) is 0 Å². The first-order valence-corrected chi connectivity index (χ1v) is 3.06. The van der Waals surface area contributed by atoms with Gasteiger partial charge in [-0.1, -0.05) is 0 Å². The Hall–Kier alpha value is -0.0800. The van der Waals surface area contributed by atoms with Crippen molar-refractivity contribution in [3.05, 3.63) is 0 Å². The molecule has 0 aromatic carbocycles. The second kappa shape index (κ2) is 2.28. The maximum absolute atomic E-state index is 3.84. The summed E-state index contributed by atoms with van der Waals surface area (Å²) in [6.07, 6.45) is 2.80. The Morgan fingerprint density at radius 1 is 1.71 bits per heavy atom. The molecule has 0 aromatic rings. The highest BCUT2D eigenvalue weighted by atomic mass is 15.0. The van der Waals surface area contributed by atoms with Crippen LogP contribution in [-0.4, -0.2) is 19.1 Å². The Morgan fingerprint density at radius 2 is 2.57 bits per heavy atom. The Bertz CT molecular complexity index is 48.0. The fourth-order valence-corrected chi connectivity index (χ4v) is 1.11. The first-order chi connectivity index (χ1) is 3.43. The van der Waals surface area contributed by atoms with Gasteiger partial charge < -0.3 is 11.1 Å². The van der Waals surface area contributed by atoms with Crippen LogP contribution in [0.5, 0.6) is 0 Å². The summed E-state index contributed by atoms with van der Waals surface area (Å²) in [7, 11) is 0. The molecule has 2 nitrogen and oxygen atoms in total. The smallest absolute Gasteiger partial charge is 0.135 e. The molecule has 0 radical (unpaired) electrons. The van der Waals surface area contributed by atoms with Gasteiger partial charge in [0.25, 0.3) is 0 Å². The highest BCUT2D eigenvalue weighted by molar-refractivity contribution is 4.55. The minimum Gasteiger partial charge on any atom is -0.353 e. The number of rotatable bonds is 1. The maximum Gasteiger partial charge on any atom is 0.135 e. The lowest BCUT2D eigenvalue weighted by Gasteiger charge is -1.95. The maximum atomic E-state index is 3.84. The summed E-state index contributed by atoms with van der Waals surface area (Å²) in [6, 6.07) is 0.861. The second-order valence-electron chi connectivity index (χ2n) is 2.22. The van der Waals surface area contributed by atoms with E-state index >= 15 is 0 Å². The first-order valence-electron chi connectivity index (χ1n) is 3.06. The van der Waals surface area contributed by atoms with E-state index in [4.69, 9.17) is 0 Å². The molecule has 5 N–H and O–H groups in total. The first kappa shape index (κ1) is 5.06. The SMILES string of the molecule is [NH3+]C[C@H]1CCC[NH2+]1. The molecule has 1 aliphatic heterocycles. The van der Waals surface area contributed by atoms with E-state index in [0.29, 0.717) is 0 Å². The molecule has 0 aromatic heterocycles. The Kier molecular flexibility index (Phi) is 1.65. The van der Waals surface area contributed by atoms with Crippen molar-refractivity contribution in [1.82, 2.24) is 0 Å². The van der Waals surface area contributed by atoms with E-state index < -0.39 is 0 Å². The van der Waals surface area contributed by atoms with Crippen molar-refractivity contribution in [2.45, 2.75) is 18.9 Å². The monoisotopic (exact) mass is 102 g/mol. The largest absolute Gasteiger partial charge is 0.353 e. The molecule has 1 fully saturated rings. The third-order valence-electron chi connectivity index (χ3n) is 1.65. The summed E-state index contributed by atoms with van der Waals surface area (Å²) < 4.78 is 0. The molecule has 1 saturated heterocycles. The summed E-state index contributed by atoms with van der Waals surface area (Å²) in [4.78, 5) is 0. The average molecular weight is 102 g/mol. The fourth-order valence-electron chi connectivity index (χ4n) is 1.11. The van der Waals surface area contributed by atoms with Crippen LogP contribution in [0.3, 0.4) is 0 Å². The standard InChI is InChI=1S/C5H12N2/c6-4-5-2-1-3-7-5/h5,7H,1-4,6H2/p+2/t5-/m1/s1. The van der Waals surface area contributed by atoms with Crippen LogP contribution < -0.4 is 11.1 Å². The van der Waals surface area contributed by atoms with Gasteiger partial charge in [0, 0.05) is 12.8 Å². The molecule has 0 amide bonds. The van der Waals surface area contributed by atoms with Crippen molar-refractivity contribution in [3.63, 3.8) is 0 Å². The number of hydrogen-bond donors (Lipinski definition) is 2. The Balaban J connectivity index is 2.14. The van der Waals surface area contributed by atoms with Crippen LogP contribution in [0.2, 0.25) is 0 Å². The molecule has 1 rings (SSSR count). The van der Waals surface area contributed by atoms with Crippen molar-refractivity contribution < 1.29 is 11.1 Å². The molecule has 1 atom stereocenters. The van der Waals surface area contributed by atoms with Gasteiger partial charge in [0.15, 0.2) is 0 Å². The number of hydrogen-bond acceptors (Lipinski definition) is 0. The van der Waals surface area contributed by atoms with E-state index in [2.05, 4.69) is 11.1 Å². The summed E-state index contributed by atoms with van der Waals surface area (Å²) >= 11 is 0. The van der Waals surface area contributed by atoms with Crippen LogP contribution in [0.25, 0.3) is 0 Å². The predicted octanol–water partition coefficient (Wildman–Crippen LogP) is -2.05. The van der Waals surface area contributed by atoms with Gasteiger partial charge in [0.1, 0.15) is 12.6 Å². The van der Waals surface area contributed by atoms with Crippen molar-refractivity contribution in [2.24, 2.45) is 0 Å². The van der Waals surface area contributed by atoms with Gasteiger partial charge in [-0.25, -0.2) is 0 Å². The van der Waals surface area contributed by atoms with Crippen molar-refractivity contribution >= 4 is 0 Å². The Labute approximate surface area is 44.1 Å². The van der Waals surface area contributed by atoms with Crippen LogP contribution >= 0.6 is 0 Å². The molecular weight excluding hydrogens is 88.1 g/mol. The van der Waals surface area contributed by atoms with Gasteiger partial charge in [-0.15, -0.1) is 0 Å². The van der Waals surface area contributed by atoms with Gasteiger partial charge in [0.2, 0.25) is 0 Å². The van der Waals surface area contributed by atoms with Gasteiger partial charge in [-0.05, 0) is 0 Å². The van der Waals surface area contributed by atoms with E-state index in [1.165, 1.54) is 19.4 Å². The number of nitrogens with two attached hydrogens (primary N) is 1. The molecule has 0 saturated carbocycles. The summed E-state index contributed by atoms with van der Waals surface area (Å²) in [5.41, 5.74) is 3.84. The van der Waals surface area contributed by atoms with Gasteiger partial charge >= 0.3 is 0 Å². The lowest BCUT2D eigenvalue weighted by Crippen LogP contribution is -2.90. The molecule has 1 heterocycles. The zero-order valence-corrected chi connectivity index (χ0v) is 4.69. The number of quaternary nitrogens is 2. The van der Waals surface area contributed by atoms with Crippen molar-refractivity contribution in [1.29, 1.82) is 0 Å². The molecule has 7 heavy (non-hydrogen) atoms. The highest BCUT2D eigenvalue weighted by Gasteiger charge is 2.16. The van der Waals surface area contributed by atoms with Gasteiger partial charge in [-0.3, -0.25) is 0 Å². The van der Waals surface area contributed by atoms with Crippen molar-refractivity contribution in [2.75, 3.05) is 13.1 Å². The zero-order chi connectivity index (χ0) is 5.11. The molecule has 42 valence electrons. The summed E-state index contributed by atoms with van der Waals surface area (Å²) in [5, 5.41) is 2.40. The normalized spacial score (nSPS) is 31.3. The minimum absolute atomic E-state index is 0.861. The van der Waals surface area contributed by atoms with Crippen LogP contribution in [0.1, 0.15) is 12.8 Å². The van der Waals surface area contributed by atoms with E-state index in [1.807, 2.05) is 0 Å². The molecule has 1 aliphatic rings. The van der Waals surface area contributed by atoms with E-state index in [9.17, 15) is 0 Å². The predicted molar refractivity (Wildman–Crippen MR) is 27.6 cm³/mol. The molecule has 0 unspecified atom stereocenters. The Morgan fingerprint density at radius 3 is 2.86 bits per heavy atom. The molecule has 0 spiro atoms. The third kappa shape index (κ3) is 1.14. The highest BCUT2D eigenvalue weighted by Crippen LogP contribution is 1.92. The zero-order valence-electron chi connectivity index (χ0n) is 4.69. The summed E-state index contributed by atoms with van der Waals surface area (Å²) in [5.74, 6) is 0. The van der Waals surface area contributed by atoms with E-state index in [-0.39, 0.29) is 0 Å². The fraction of sp³-hybridized carbons (Fsp3) is 1.00. The minimum atomic E-state index is 0.861. The molecular formula is C5H14N2+2. The van der Waals surface area contributed by atoms with Gasteiger partial charge in [0.05, 0.1) is 6.54 Å². The molecule has 2 heteroatoms. The summed E-state index contributed by atoms with van der Waals surface area (Å²) in [6.45, 7) is 2.44. The van der Waals surface area contributed by atoms with Crippen LogP contribution in [0.4, 0.5) is 0 Å². The lowest BCUT2D eigenvalue weighted by atomic mass is 10.2. The molecule has 0 bridgehead atoms. The van der Waals surface area contributed by atoms with Crippen LogP contribution in [0.15, 0.2) is 0 Å². The van der Waals surface area contributed by atoms with Gasteiger partial charge in [-0.2, -0.15) is 0 Å². The molecule has 0 aliphatic carbocycles.